The number of aliphatic hydroxyl groups is 1. The van der Waals surface area contributed by atoms with Gasteiger partial charge >= 0.3 is 18.0 Å². The van der Waals surface area contributed by atoms with Crippen molar-refractivity contribution < 1.29 is 28.2 Å². The highest BCUT2D eigenvalue weighted by Gasteiger charge is 2.39. The molecule has 0 saturated carbocycles. The molecule has 1 atom stereocenters. The number of halogens is 4. The van der Waals surface area contributed by atoms with Gasteiger partial charge in [-0.3, -0.25) is 14.9 Å². The van der Waals surface area contributed by atoms with Crippen LogP contribution < -0.4 is 11.0 Å². The molecule has 0 radical (unpaired) electrons. The molecule has 36 heavy (non-hydrogen) atoms. The molecule has 0 aliphatic carbocycles. The Morgan fingerprint density at radius 1 is 1.17 bits per heavy atom. The summed E-state index contributed by atoms with van der Waals surface area (Å²) in [5.41, 5.74) is -0.231. The third-order valence-electron chi connectivity index (χ3n) is 4.88. The van der Waals surface area contributed by atoms with Crippen LogP contribution in [-0.4, -0.2) is 62.7 Å². The summed E-state index contributed by atoms with van der Waals surface area (Å²) in [6.07, 6.45) is -5.12. The van der Waals surface area contributed by atoms with Gasteiger partial charge in [-0.1, -0.05) is 11.6 Å². The predicted octanol–water partition coefficient (Wildman–Crippen LogP) is 2.40. The van der Waals surface area contributed by atoms with E-state index in [1.807, 2.05) is 0 Å². The molecule has 3 N–H and O–H groups in total. The van der Waals surface area contributed by atoms with Gasteiger partial charge in [-0.05, 0) is 30.3 Å². The maximum Gasteiger partial charge on any atom is 0.416 e. The lowest BCUT2D eigenvalue weighted by molar-refractivity contribution is -0.207. The SMILES string of the molecule is O=C(O)Nc1ccncc1-n1cnc(Cn2nc(-c3ccc(Cl)cc3)n(CC(O)C(F)(F)F)c2=O)n1. The molecule has 4 rings (SSSR count). The number of benzene rings is 1. The molecular weight excluding hydrogens is 509 g/mol. The van der Waals surface area contributed by atoms with E-state index in [9.17, 15) is 27.9 Å². The molecular formula is C20H16ClF3N8O4. The summed E-state index contributed by atoms with van der Waals surface area (Å²) < 4.78 is 41.8. The Morgan fingerprint density at radius 3 is 2.56 bits per heavy atom. The topological polar surface area (TPSA) is 153 Å². The highest BCUT2D eigenvalue weighted by atomic mass is 35.5. The molecule has 0 saturated heterocycles. The van der Waals surface area contributed by atoms with Crippen molar-refractivity contribution >= 4 is 23.4 Å². The normalized spacial score (nSPS) is 12.5. The number of hydrogen-bond donors (Lipinski definition) is 3. The average Bonchev–Trinajstić information content (AvgIpc) is 3.39. The number of carboxylic acid groups (broad SMARTS) is 1. The number of alkyl halides is 3. The smallest absolute Gasteiger partial charge is 0.416 e. The van der Waals surface area contributed by atoms with Gasteiger partial charge in [-0.25, -0.2) is 23.9 Å². The molecule has 0 fully saturated rings. The lowest BCUT2D eigenvalue weighted by Gasteiger charge is -2.15. The number of nitrogens with one attached hydrogen (secondary N) is 1. The van der Waals surface area contributed by atoms with Crippen LogP contribution in [0.4, 0.5) is 23.7 Å². The predicted molar refractivity (Wildman–Crippen MR) is 119 cm³/mol. The Labute approximate surface area is 204 Å². The fraction of sp³-hybridized carbons (Fsp3) is 0.200. The summed E-state index contributed by atoms with van der Waals surface area (Å²) in [6.45, 7) is -1.41. The van der Waals surface area contributed by atoms with E-state index in [0.29, 0.717) is 15.2 Å². The van der Waals surface area contributed by atoms with Crippen molar-refractivity contribution in [2.24, 2.45) is 0 Å². The minimum absolute atomic E-state index is 0.0471. The first kappa shape index (κ1) is 24.9. The number of rotatable bonds is 7. The molecule has 0 aliphatic rings. The largest absolute Gasteiger partial charge is 0.465 e. The molecule has 3 aromatic heterocycles. The molecule has 1 unspecified atom stereocenters. The van der Waals surface area contributed by atoms with Gasteiger partial charge < -0.3 is 10.2 Å². The van der Waals surface area contributed by atoms with E-state index in [0.717, 1.165) is 4.68 Å². The number of pyridine rings is 1. The van der Waals surface area contributed by atoms with E-state index < -0.39 is 30.6 Å². The lowest BCUT2D eigenvalue weighted by atomic mass is 10.2. The molecule has 1 amide bonds. The van der Waals surface area contributed by atoms with Crippen molar-refractivity contribution in [3.8, 4) is 17.1 Å². The lowest BCUT2D eigenvalue weighted by Crippen LogP contribution is -2.37. The first-order valence-corrected chi connectivity index (χ1v) is 10.4. The van der Waals surface area contributed by atoms with Crippen molar-refractivity contribution in [2.75, 3.05) is 5.32 Å². The average molecular weight is 525 g/mol. The van der Waals surface area contributed by atoms with E-state index >= 15 is 0 Å². The van der Waals surface area contributed by atoms with Gasteiger partial charge in [-0.2, -0.15) is 13.2 Å². The molecule has 16 heteroatoms. The van der Waals surface area contributed by atoms with E-state index in [1.165, 1.54) is 53.7 Å². The fourth-order valence-electron chi connectivity index (χ4n) is 3.21. The first-order valence-electron chi connectivity index (χ1n) is 10.1. The van der Waals surface area contributed by atoms with Gasteiger partial charge in [0.2, 0.25) is 0 Å². The fourth-order valence-corrected chi connectivity index (χ4v) is 3.33. The maximum absolute atomic E-state index is 13.0. The number of carbonyl (C=O) groups is 1. The Bertz CT molecular complexity index is 1450. The van der Waals surface area contributed by atoms with E-state index in [-0.39, 0.29) is 29.6 Å². The molecule has 12 nitrogen and oxygen atoms in total. The van der Waals surface area contributed by atoms with Crippen molar-refractivity contribution in [1.82, 2.24) is 34.1 Å². The molecule has 0 bridgehead atoms. The number of aromatic nitrogens is 7. The highest BCUT2D eigenvalue weighted by Crippen LogP contribution is 2.24. The number of anilines is 1. The standard InChI is InChI=1S/C20H16ClF3N8O4/c21-12-3-1-11(2-4-12)17-29-31(19(36)30(17)8-15(33)20(22,23)24)9-16-26-10-32(28-16)14-7-25-6-5-13(14)27-18(34)35/h1-7,10,15,33H,8-9H2,(H,25,27)(H,34,35). The van der Waals surface area contributed by atoms with Gasteiger partial charge in [0.1, 0.15) is 18.6 Å². The summed E-state index contributed by atoms with van der Waals surface area (Å²) in [5, 5.41) is 29.4. The number of nitrogens with zero attached hydrogens (tertiary/aromatic N) is 7. The Hall–Kier alpha value is -4.24. The molecule has 3 heterocycles. The van der Waals surface area contributed by atoms with E-state index in [2.05, 4.69) is 25.5 Å². The zero-order valence-corrected chi connectivity index (χ0v) is 18.7. The third-order valence-corrected chi connectivity index (χ3v) is 5.13. The second kappa shape index (κ2) is 9.79. The first-order chi connectivity index (χ1) is 17.0. The summed E-state index contributed by atoms with van der Waals surface area (Å²) >= 11 is 5.88. The van der Waals surface area contributed by atoms with Gasteiger partial charge in [-0.15, -0.1) is 10.2 Å². The van der Waals surface area contributed by atoms with Crippen molar-refractivity contribution in [1.29, 1.82) is 0 Å². The van der Waals surface area contributed by atoms with Crippen LogP contribution in [0.5, 0.6) is 0 Å². The van der Waals surface area contributed by atoms with Crippen LogP contribution >= 0.6 is 11.6 Å². The van der Waals surface area contributed by atoms with Crippen molar-refractivity contribution in [3.05, 3.63) is 70.4 Å². The third kappa shape index (κ3) is 5.36. The van der Waals surface area contributed by atoms with Gasteiger partial charge in [0.25, 0.3) is 0 Å². The van der Waals surface area contributed by atoms with Crippen molar-refractivity contribution in [2.45, 2.75) is 25.4 Å². The van der Waals surface area contributed by atoms with Crippen LogP contribution in [-0.2, 0) is 13.1 Å². The molecule has 0 aliphatic heterocycles. The monoisotopic (exact) mass is 524 g/mol. The second-order valence-electron chi connectivity index (χ2n) is 7.37. The maximum atomic E-state index is 13.0. The van der Waals surface area contributed by atoms with Crippen LogP contribution in [0.1, 0.15) is 5.82 Å². The summed E-state index contributed by atoms with van der Waals surface area (Å²) in [4.78, 5) is 32.0. The summed E-state index contributed by atoms with van der Waals surface area (Å²) in [7, 11) is 0. The summed E-state index contributed by atoms with van der Waals surface area (Å²) in [5.74, 6) is -0.0782. The van der Waals surface area contributed by atoms with Crippen LogP contribution in [0.15, 0.2) is 53.8 Å². The molecule has 0 spiro atoms. The van der Waals surface area contributed by atoms with E-state index in [1.54, 1.807) is 0 Å². The Morgan fingerprint density at radius 2 is 1.89 bits per heavy atom. The van der Waals surface area contributed by atoms with Crippen LogP contribution in [0.3, 0.4) is 0 Å². The Balaban J connectivity index is 1.69. The molecule has 4 aromatic rings. The Kier molecular flexibility index (Phi) is 6.76. The number of amides is 1. The second-order valence-corrected chi connectivity index (χ2v) is 7.80. The minimum atomic E-state index is -4.95. The minimum Gasteiger partial charge on any atom is -0.465 e. The van der Waals surface area contributed by atoms with Crippen LogP contribution in [0.25, 0.3) is 17.1 Å². The zero-order chi connectivity index (χ0) is 26.0. The van der Waals surface area contributed by atoms with Gasteiger partial charge in [0.05, 0.1) is 18.4 Å². The number of hydrogen-bond acceptors (Lipinski definition) is 7. The molecule has 1 aromatic carbocycles. The zero-order valence-electron chi connectivity index (χ0n) is 18.0. The summed E-state index contributed by atoms with van der Waals surface area (Å²) in [6, 6.07) is 7.30. The van der Waals surface area contributed by atoms with E-state index in [4.69, 9.17) is 16.7 Å². The van der Waals surface area contributed by atoms with Crippen LogP contribution in [0.2, 0.25) is 5.02 Å². The van der Waals surface area contributed by atoms with Gasteiger partial charge in [0, 0.05) is 16.8 Å². The van der Waals surface area contributed by atoms with Gasteiger partial charge in [0.15, 0.2) is 17.8 Å². The van der Waals surface area contributed by atoms with Crippen molar-refractivity contribution in [3.63, 3.8) is 0 Å². The quantitative estimate of drug-likeness (QED) is 0.333. The number of aliphatic hydroxyl groups excluding tert-OH is 1. The molecule has 188 valence electrons. The van der Waals surface area contributed by atoms with Crippen LogP contribution in [0, 0.1) is 0 Å². The highest BCUT2D eigenvalue weighted by molar-refractivity contribution is 6.30.